The monoisotopic (exact) mass is 335 g/mol. The second-order valence-corrected chi connectivity index (χ2v) is 7.08. The highest BCUT2D eigenvalue weighted by Crippen LogP contribution is 2.36. The Labute approximate surface area is 142 Å². The molecule has 0 aromatic heterocycles. The highest BCUT2D eigenvalue weighted by atomic mass is 16.5. The molecule has 1 amide bonds. The van der Waals surface area contributed by atoms with Crippen LogP contribution in [0, 0.1) is 5.92 Å². The zero-order valence-corrected chi connectivity index (χ0v) is 14.3. The lowest BCUT2D eigenvalue weighted by Gasteiger charge is -2.46. The quantitative estimate of drug-likeness (QED) is 0.835. The van der Waals surface area contributed by atoms with Crippen molar-refractivity contribution in [3.8, 4) is 0 Å². The van der Waals surface area contributed by atoms with Crippen LogP contribution >= 0.6 is 0 Å². The van der Waals surface area contributed by atoms with Crippen molar-refractivity contribution in [3.05, 3.63) is 35.9 Å². The van der Waals surface area contributed by atoms with Crippen molar-refractivity contribution in [2.75, 3.05) is 0 Å². The van der Waals surface area contributed by atoms with E-state index in [0.29, 0.717) is 6.42 Å². The van der Waals surface area contributed by atoms with E-state index in [4.69, 9.17) is 14.6 Å². The Balaban J connectivity index is 1.84. The molecule has 1 aromatic carbocycles. The smallest absolute Gasteiger partial charge is 0.407 e. The fourth-order valence-electron chi connectivity index (χ4n) is 2.81. The molecule has 0 bridgehead atoms. The number of rotatable bonds is 6. The molecule has 0 aliphatic heterocycles. The largest absolute Gasteiger partial charge is 0.481 e. The van der Waals surface area contributed by atoms with Gasteiger partial charge in [0.1, 0.15) is 6.61 Å². The molecule has 2 rings (SSSR count). The summed E-state index contributed by atoms with van der Waals surface area (Å²) in [6.45, 7) is 5.98. The van der Waals surface area contributed by atoms with Gasteiger partial charge < -0.3 is 19.9 Å². The zero-order valence-electron chi connectivity index (χ0n) is 14.3. The van der Waals surface area contributed by atoms with Crippen molar-refractivity contribution >= 4 is 12.1 Å². The number of carbonyl (C=O) groups is 2. The summed E-state index contributed by atoms with van der Waals surface area (Å²) in [6.07, 6.45) is -0.144. The molecular weight excluding hydrogens is 310 g/mol. The number of carbonyl (C=O) groups excluding carboxylic acids is 1. The van der Waals surface area contributed by atoms with E-state index in [1.54, 1.807) is 0 Å². The third-order valence-corrected chi connectivity index (χ3v) is 3.91. The molecule has 1 aliphatic rings. The number of benzene rings is 1. The SMILES string of the molecule is CC(C)(C)O[C@@H]1C[C@H](NC(=O)OCc2ccccc2)[C@H]1CC(=O)O. The number of amides is 1. The number of aliphatic carboxylic acids is 1. The average Bonchev–Trinajstić information content (AvgIpc) is 2.49. The van der Waals surface area contributed by atoms with E-state index in [2.05, 4.69) is 5.32 Å². The maximum atomic E-state index is 11.9. The first-order valence-corrected chi connectivity index (χ1v) is 8.11. The van der Waals surface area contributed by atoms with Crippen LogP contribution in [-0.4, -0.2) is 34.9 Å². The first-order valence-electron chi connectivity index (χ1n) is 8.11. The van der Waals surface area contributed by atoms with Gasteiger partial charge >= 0.3 is 12.1 Å². The number of carboxylic acids is 1. The van der Waals surface area contributed by atoms with Gasteiger partial charge in [0.05, 0.1) is 18.1 Å². The third kappa shape index (κ3) is 5.53. The first-order chi connectivity index (χ1) is 11.2. The van der Waals surface area contributed by atoms with Gasteiger partial charge in [0.15, 0.2) is 0 Å². The van der Waals surface area contributed by atoms with E-state index in [-0.39, 0.29) is 36.7 Å². The van der Waals surface area contributed by atoms with Gasteiger partial charge in [-0.3, -0.25) is 4.79 Å². The molecule has 0 heterocycles. The van der Waals surface area contributed by atoms with Crippen LogP contribution in [0.1, 0.15) is 39.2 Å². The topological polar surface area (TPSA) is 84.9 Å². The molecule has 0 saturated heterocycles. The van der Waals surface area contributed by atoms with Crippen molar-refractivity contribution in [2.24, 2.45) is 5.92 Å². The molecule has 0 spiro atoms. The Bertz CT molecular complexity index is 567. The molecule has 0 unspecified atom stereocenters. The van der Waals surface area contributed by atoms with Crippen LogP contribution in [0.2, 0.25) is 0 Å². The van der Waals surface area contributed by atoms with Gasteiger partial charge in [0.2, 0.25) is 0 Å². The highest BCUT2D eigenvalue weighted by molar-refractivity contribution is 5.69. The van der Waals surface area contributed by atoms with Gasteiger partial charge in [-0.2, -0.15) is 0 Å². The second-order valence-electron chi connectivity index (χ2n) is 7.08. The summed E-state index contributed by atoms with van der Waals surface area (Å²) < 4.78 is 11.1. The maximum Gasteiger partial charge on any atom is 0.407 e. The maximum absolute atomic E-state index is 11.9. The predicted octanol–water partition coefficient (Wildman–Crippen LogP) is 2.96. The third-order valence-electron chi connectivity index (χ3n) is 3.91. The normalized spacial score (nSPS) is 23.2. The molecule has 1 saturated carbocycles. The van der Waals surface area contributed by atoms with Crippen molar-refractivity contribution in [1.29, 1.82) is 0 Å². The van der Waals surface area contributed by atoms with E-state index in [1.165, 1.54) is 0 Å². The number of hydrogen-bond acceptors (Lipinski definition) is 4. The molecular formula is C18H25NO5. The molecule has 6 heteroatoms. The van der Waals surface area contributed by atoms with Crippen molar-refractivity contribution < 1.29 is 24.2 Å². The van der Waals surface area contributed by atoms with Crippen LogP contribution in [-0.2, 0) is 20.9 Å². The van der Waals surface area contributed by atoms with Gasteiger partial charge in [0.25, 0.3) is 0 Å². The van der Waals surface area contributed by atoms with E-state index < -0.39 is 12.1 Å². The summed E-state index contributed by atoms with van der Waals surface area (Å²) in [5.41, 5.74) is 0.553. The van der Waals surface area contributed by atoms with Crippen LogP contribution < -0.4 is 5.32 Å². The summed E-state index contributed by atoms with van der Waals surface area (Å²) in [7, 11) is 0. The van der Waals surface area contributed by atoms with Gasteiger partial charge in [-0.15, -0.1) is 0 Å². The minimum Gasteiger partial charge on any atom is -0.481 e. The van der Waals surface area contributed by atoms with Crippen molar-refractivity contribution in [2.45, 2.75) is 58.0 Å². The average molecular weight is 335 g/mol. The molecule has 6 nitrogen and oxygen atoms in total. The lowest BCUT2D eigenvalue weighted by atomic mass is 9.74. The fraction of sp³-hybridized carbons (Fsp3) is 0.556. The Morgan fingerprint density at radius 2 is 1.92 bits per heavy atom. The number of nitrogens with one attached hydrogen (secondary N) is 1. The summed E-state index contributed by atoms with van der Waals surface area (Å²) in [5, 5.41) is 11.8. The molecule has 3 atom stereocenters. The molecule has 1 aliphatic carbocycles. The highest BCUT2D eigenvalue weighted by Gasteiger charge is 2.45. The van der Waals surface area contributed by atoms with Crippen LogP contribution in [0.3, 0.4) is 0 Å². The Hall–Kier alpha value is -2.08. The number of ether oxygens (including phenoxy) is 2. The van der Waals surface area contributed by atoms with Crippen LogP contribution in [0.25, 0.3) is 0 Å². The van der Waals surface area contributed by atoms with E-state index in [9.17, 15) is 9.59 Å². The van der Waals surface area contributed by atoms with Crippen molar-refractivity contribution in [1.82, 2.24) is 5.32 Å². The van der Waals surface area contributed by atoms with Crippen LogP contribution in [0.5, 0.6) is 0 Å². The summed E-state index contributed by atoms with van der Waals surface area (Å²) in [4.78, 5) is 23.0. The second kappa shape index (κ2) is 7.66. The van der Waals surface area contributed by atoms with E-state index in [0.717, 1.165) is 5.56 Å². The molecule has 1 fully saturated rings. The lowest BCUT2D eigenvalue weighted by Crippen LogP contribution is -2.58. The van der Waals surface area contributed by atoms with Gasteiger partial charge in [0, 0.05) is 12.0 Å². The van der Waals surface area contributed by atoms with E-state index in [1.807, 2.05) is 51.1 Å². The van der Waals surface area contributed by atoms with Gasteiger partial charge in [-0.05, 0) is 32.8 Å². The zero-order chi connectivity index (χ0) is 17.7. The van der Waals surface area contributed by atoms with Crippen LogP contribution in [0.4, 0.5) is 4.79 Å². The molecule has 2 N–H and O–H groups in total. The summed E-state index contributed by atoms with van der Waals surface area (Å²) in [5.74, 6) is -1.14. The molecule has 132 valence electrons. The minimum absolute atomic E-state index is 0.0373. The lowest BCUT2D eigenvalue weighted by molar-refractivity contribution is -0.156. The Morgan fingerprint density at radius 1 is 1.25 bits per heavy atom. The number of carboxylic acid groups (broad SMARTS) is 1. The number of alkyl carbamates (subject to hydrolysis) is 1. The summed E-state index contributed by atoms with van der Waals surface area (Å²) in [6, 6.07) is 9.15. The molecule has 1 aromatic rings. The molecule has 24 heavy (non-hydrogen) atoms. The standard InChI is InChI=1S/C18H25NO5/c1-18(2,3)24-15-10-14(13(15)9-16(20)21)19-17(22)23-11-12-7-5-4-6-8-12/h4-8,13-15H,9-11H2,1-3H3,(H,19,22)(H,20,21)/t13-,14+,15-/m1/s1. The predicted molar refractivity (Wildman–Crippen MR) is 88.5 cm³/mol. The van der Waals surface area contributed by atoms with Crippen molar-refractivity contribution in [3.63, 3.8) is 0 Å². The van der Waals surface area contributed by atoms with Gasteiger partial charge in [-0.25, -0.2) is 4.79 Å². The minimum atomic E-state index is -0.897. The number of hydrogen-bond donors (Lipinski definition) is 2. The fourth-order valence-corrected chi connectivity index (χ4v) is 2.81. The van der Waals surface area contributed by atoms with Gasteiger partial charge in [-0.1, -0.05) is 30.3 Å². The Kier molecular flexibility index (Phi) is 5.83. The Morgan fingerprint density at radius 3 is 2.50 bits per heavy atom. The first kappa shape index (κ1) is 18.3. The molecule has 0 radical (unpaired) electrons. The van der Waals surface area contributed by atoms with Crippen LogP contribution in [0.15, 0.2) is 30.3 Å². The summed E-state index contributed by atoms with van der Waals surface area (Å²) >= 11 is 0. The van der Waals surface area contributed by atoms with E-state index >= 15 is 0 Å².